The van der Waals surface area contributed by atoms with Gasteiger partial charge in [-0.1, -0.05) is 24.6 Å². The van der Waals surface area contributed by atoms with Crippen LogP contribution in [0.3, 0.4) is 0 Å². The SMILES string of the molecule is COc1cc(C(=O)CC2CCCCN2)cc2c1oc1ccccc12. The van der Waals surface area contributed by atoms with Gasteiger partial charge in [-0.05, 0) is 37.6 Å². The lowest BCUT2D eigenvalue weighted by molar-refractivity contribution is 0.0963. The molecule has 1 unspecified atom stereocenters. The lowest BCUT2D eigenvalue weighted by Gasteiger charge is -2.22. The molecule has 4 nitrogen and oxygen atoms in total. The Kier molecular flexibility index (Phi) is 3.98. The average Bonchev–Trinajstić information content (AvgIpc) is 3.00. The van der Waals surface area contributed by atoms with Gasteiger partial charge in [-0.2, -0.15) is 0 Å². The Morgan fingerprint density at radius 3 is 2.92 bits per heavy atom. The fourth-order valence-electron chi connectivity index (χ4n) is 3.55. The zero-order valence-corrected chi connectivity index (χ0v) is 13.8. The van der Waals surface area contributed by atoms with Crippen LogP contribution >= 0.6 is 0 Å². The van der Waals surface area contributed by atoms with E-state index in [0.29, 0.717) is 23.3 Å². The number of para-hydroxylation sites is 1. The number of hydrogen-bond acceptors (Lipinski definition) is 4. The van der Waals surface area contributed by atoms with Crippen LogP contribution in [0.2, 0.25) is 0 Å². The monoisotopic (exact) mass is 323 g/mol. The third-order valence-electron chi connectivity index (χ3n) is 4.83. The highest BCUT2D eigenvalue weighted by atomic mass is 16.5. The predicted octanol–water partition coefficient (Wildman–Crippen LogP) is 4.31. The maximum Gasteiger partial charge on any atom is 0.177 e. The van der Waals surface area contributed by atoms with Crippen LogP contribution in [0.15, 0.2) is 40.8 Å². The normalized spacial score (nSPS) is 18.1. The number of ketones is 1. The Labute approximate surface area is 140 Å². The predicted molar refractivity (Wildman–Crippen MR) is 94.9 cm³/mol. The molecule has 1 saturated heterocycles. The van der Waals surface area contributed by atoms with Crippen LogP contribution in [0.1, 0.15) is 36.0 Å². The van der Waals surface area contributed by atoms with Crippen LogP contribution in [0.4, 0.5) is 0 Å². The zero-order valence-electron chi connectivity index (χ0n) is 13.8. The molecule has 0 radical (unpaired) electrons. The van der Waals surface area contributed by atoms with Gasteiger partial charge in [0.15, 0.2) is 17.1 Å². The number of carbonyl (C=O) groups excluding carboxylic acids is 1. The van der Waals surface area contributed by atoms with Crippen molar-refractivity contribution in [2.75, 3.05) is 13.7 Å². The van der Waals surface area contributed by atoms with E-state index in [1.165, 1.54) is 12.8 Å². The van der Waals surface area contributed by atoms with E-state index in [2.05, 4.69) is 5.32 Å². The van der Waals surface area contributed by atoms with Gasteiger partial charge >= 0.3 is 0 Å². The molecule has 2 heterocycles. The highest BCUT2D eigenvalue weighted by molar-refractivity contribution is 6.10. The molecule has 2 aromatic carbocycles. The number of hydrogen-bond donors (Lipinski definition) is 1. The third kappa shape index (κ3) is 2.67. The summed E-state index contributed by atoms with van der Waals surface area (Å²) in [4.78, 5) is 12.8. The van der Waals surface area contributed by atoms with Gasteiger partial charge in [-0.25, -0.2) is 0 Å². The third-order valence-corrected chi connectivity index (χ3v) is 4.83. The Morgan fingerprint density at radius 1 is 1.25 bits per heavy atom. The fourth-order valence-corrected chi connectivity index (χ4v) is 3.55. The van der Waals surface area contributed by atoms with E-state index in [4.69, 9.17) is 9.15 Å². The van der Waals surface area contributed by atoms with E-state index >= 15 is 0 Å². The minimum atomic E-state index is 0.153. The van der Waals surface area contributed by atoms with E-state index in [1.54, 1.807) is 13.2 Å². The molecule has 1 aromatic heterocycles. The number of rotatable bonds is 4. The number of carbonyl (C=O) groups is 1. The fraction of sp³-hybridized carbons (Fsp3) is 0.350. The van der Waals surface area contributed by atoms with Crippen molar-refractivity contribution in [3.63, 3.8) is 0 Å². The molecule has 4 rings (SSSR count). The molecule has 0 aliphatic carbocycles. The summed E-state index contributed by atoms with van der Waals surface area (Å²) >= 11 is 0. The summed E-state index contributed by atoms with van der Waals surface area (Å²) in [5.74, 6) is 0.767. The molecule has 0 saturated carbocycles. The Hall–Kier alpha value is -2.33. The summed E-state index contributed by atoms with van der Waals surface area (Å²) in [6.45, 7) is 1.01. The van der Waals surface area contributed by atoms with Crippen molar-refractivity contribution < 1.29 is 13.9 Å². The largest absolute Gasteiger partial charge is 0.493 e. The smallest absolute Gasteiger partial charge is 0.177 e. The Morgan fingerprint density at radius 2 is 2.12 bits per heavy atom. The van der Waals surface area contributed by atoms with Crippen molar-refractivity contribution in [1.82, 2.24) is 5.32 Å². The van der Waals surface area contributed by atoms with Crippen LogP contribution in [-0.4, -0.2) is 25.5 Å². The molecular weight excluding hydrogens is 302 g/mol. The van der Waals surface area contributed by atoms with E-state index in [9.17, 15) is 4.79 Å². The average molecular weight is 323 g/mol. The van der Waals surface area contributed by atoms with Crippen molar-refractivity contribution in [3.05, 3.63) is 42.0 Å². The molecule has 1 fully saturated rings. The van der Waals surface area contributed by atoms with Crippen LogP contribution in [-0.2, 0) is 0 Å². The summed E-state index contributed by atoms with van der Waals surface area (Å²) in [6, 6.07) is 11.9. The van der Waals surface area contributed by atoms with Gasteiger partial charge < -0.3 is 14.5 Å². The first-order valence-corrected chi connectivity index (χ1v) is 8.52. The number of furan rings is 1. The van der Waals surface area contributed by atoms with E-state index < -0.39 is 0 Å². The number of ether oxygens (including phenoxy) is 1. The van der Waals surface area contributed by atoms with Crippen molar-refractivity contribution in [1.29, 1.82) is 0 Å². The molecular formula is C20H21NO3. The lowest BCUT2D eigenvalue weighted by Crippen LogP contribution is -2.35. The van der Waals surface area contributed by atoms with Gasteiger partial charge in [0, 0.05) is 28.8 Å². The number of fused-ring (bicyclic) bond motifs is 3. The molecule has 0 spiro atoms. The van der Waals surface area contributed by atoms with Gasteiger partial charge in [0.1, 0.15) is 5.58 Å². The second-order valence-electron chi connectivity index (χ2n) is 6.43. The first-order chi connectivity index (χ1) is 11.8. The summed E-state index contributed by atoms with van der Waals surface area (Å²) in [5.41, 5.74) is 2.20. The van der Waals surface area contributed by atoms with Crippen LogP contribution < -0.4 is 10.1 Å². The molecule has 3 aromatic rings. The van der Waals surface area contributed by atoms with Gasteiger partial charge in [0.05, 0.1) is 7.11 Å². The quantitative estimate of drug-likeness (QED) is 0.727. The molecule has 24 heavy (non-hydrogen) atoms. The first-order valence-electron chi connectivity index (χ1n) is 8.52. The van der Waals surface area contributed by atoms with E-state index in [1.807, 2.05) is 30.3 Å². The van der Waals surface area contributed by atoms with Crippen molar-refractivity contribution in [3.8, 4) is 5.75 Å². The molecule has 1 aliphatic rings. The number of nitrogens with one attached hydrogen (secondary N) is 1. The summed E-state index contributed by atoms with van der Waals surface area (Å²) in [5, 5.41) is 5.39. The van der Waals surface area contributed by atoms with E-state index in [-0.39, 0.29) is 11.8 Å². The Balaban J connectivity index is 1.74. The maximum absolute atomic E-state index is 12.8. The van der Waals surface area contributed by atoms with Crippen LogP contribution in [0.5, 0.6) is 5.75 Å². The second kappa shape index (κ2) is 6.29. The van der Waals surface area contributed by atoms with Gasteiger partial charge in [-0.3, -0.25) is 4.79 Å². The molecule has 124 valence electrons. The number of methoxy groups -OCH3 is 1. The van der Waals surface area contributed by atoms with Crippen molar-refractivity contribution >= 4 is 27.7 Å². The first kappa shape index (κ1) is 15.2. The molecule has 0 bridgehead atoms. The Bertz CT molecular complexity index is 890. The topological polar surface area (TPSA) is 51.5 Å². The summed E-state index contributed by atoms with van der Waals surface area (Å²) in [6.07, 6.45) is 4.00. The number of benzene rings is 2. The molecule has 4 heteroatoms. The van der Waals surface area contributed by atoms with Crippen LogP contribution in [0, 0.1) is 0 Å². The van der Waals surface area contributed by atoms with Crippen LogP contribution in [0.25, 0.3) is 21.9 Å². The maximum atomic E-state index is 12.8. The van der Waals surface area contributed by atoms with Crippen molar-refractivity contribution in [2.24, 2.45) is 0 Å². The molecule has 1 atom stereocenters. The number of piperidine rings is 1. The molecule has 1 N–H and O–H groups in total. The van der Waals surface area contributed by atoms with Gasteiger partial charge in [0.25, 0.3) is 0 Å². The van der Waals surface area contributed by atoms with Gasteiger partial charge in [-0.15, -0.1) is 0 Å². The highest BCUT2D eigenvalue weighted by Gasteiger charge is 2.20. The minimum absolute atomic E-state index is 0.153. The summed E-state index contributed by atoms with van der Waals surface area (Å²) < 4.78 is 11.4. The second-order valence-corrected chi connectivity index (χ2v) is 6.43. The zero-order chi connectivity index (χ0) is 16.5. The summed E-state index contributed by atoms with van der Waals surface area (Å²) in [7, 11) is 1.61. The standard InChI is InChI=1S/C20H21NO3/c1-23-19-11-13(17(22)12-14-6-4-5-9-21-14)10-16-15-7-2-3-8-18(15)24-20(16)19/h2-3,7-8,10-11,14,21H,4-6,9,12H2,1H3. The number of Topliss-reactive ketones (excluding diaryl/α,β-unsaturated/α-hetero) is 1. The van der Waals surface area contributed by atoms with E-state index in [0.717, 1.165) is 29.3 Å². The van der Waals surface area contributed by atoms with Gasteiger partial charge in [0.2, 0.25) is 0 Å². The minimum Gasteiger partial charge on any atom is -0.493 e. The highest BCUT2D eigenvalue weighted by Crippen LogP contribution is 2.36. The molecule has 0 amide bonds. The lowest BCUT2D eigenvalue weighted by atomic mass is 9.96. The van der Waals surface area contributed by atoms with Crippen molar-refractivity contribution in [2.45, 2.75) is 31.7 Å². The molecule has 1 aliphatic heterocycles.